The Bertz CT molecular complexity index is 1380. The summed E-state index contributed by atoms with van der Waals surface area (Å²) in [7, 11) is 0. The summed E-state index contributed by atoms with van der Waals surface area (Å²) in [6, 6.07) is 15.5. The minimum Gasteiger partial charge on any atom is -0.356 e. The Kier molecular flexibility index (Phi) is 5.63. The summed E-state index contributed by atoms with van der Waals surface area (Å²) in [6.07, 6.45) is 3.53. The topological polar surface area (TPSA) is 86.9 Å². The molecule has 0 bridgehead atoms. The van der Waals surface area contributed by atoms with Crippen molar-refractivity contribution < 1.29 is 18.4 Å². The third kappa shape index (κ3) is 4.30. The van der Waals surface area contributed by atoms with Gasteiger partial charge in [-0.2, -0.15) is 0 Å². The van der Waals surface area contributed by atoms with E-state index in [9.17, 15) is 18.4 Å². The molecule has 0 saturated carbocycles. The van der Waals surface area contributed by atoms with Gasteiger partial charge in [0.05, 0.1) is 16.9 Å². The third-order valence-corrected chi connectivity index (χ3v) is 5.65. The Morgan fingerprint density at radius 3 is 2.50 bits per heavy atom. The summed E-state index contributed by atoms with van der Waals surface area (Å²) in [6.45, 7) is 0. The number of anilines is 3. The first-order valence-electron chi connectivity index (χ1n) is 10.8. The summed E-state index contributed by atoms with van der Waals surface area (Å²) < 4.78 is 27.0. The van der Waals surface area contributed by atoms with Crippen molar-refractivity contribution in [3.8, 4) is 11.3 Å². The molecule has 0 spiro atoms. The van der Waals surface area contributed by atoms with Crippen molar-refractivity contribution in [1.82, 2.24) is 9.97 Å². The van der Waals surface area contributed by atoms with E-state index in [2.05, 4.69) is 20.6 Å². The van der Waals surface area contributed by atoms with Crippen molar-refractivity contribution in [3.05, 3.63) is 95.3 Å². The number of aromatic nitrogens is 2. The number of benzene rings is 2. The molecule has 1 amide bonds. The molecular weight excluding hydrogens is 438 g/mol. The van der Waals surface area contributed by atoms with Gasteiger partial charge in [0.1, 0.15) is 17.5 Å². The molecule has 3 N–H and O–H groups in total. The molecular formula is C26H20F2N4O2. The fourth-order valence-corrected chi connectivity index (χ4v) is 4.13. The Morgan fingerprint density at radius 1 is 0.971 bits per heavy atom. The highest BCUT2D eigenvalue weighted by Gasteiger charge is 2.27. The fraction of sp³-hybridized carbons (Fsp3) is 0.115. The summed E-state index contributed by atoms with van der Waals surface area (Å²) in [5.41, 5.74) is 4.23. The molecule has 0 radical (unpaired) electrons. The van der Waals surface area contributed by atoms with E-state index in [1.54, 1.807) is 12.1 Å². The molecule has 8 heteroatoms. The molecule has 0 fully saturated rings. The number of para-hydroxylation sites is 1. The van der Waals surface area contributed by atoms with Crippen LogP contribution in [0.15, 0.2) is 66.9 Å². The van der Waals surface area contributed by atoms with Gasteiger partial charge in [0.15, 0.2) is 5.78 Å². The van der Waals surface area contributed by atoms with Crippen LogP contribution in [0.3, 0.4) is 0 Å². The predicted octanol–water partition coefficient (Wildman–Crippen LogP) is 5.87. The van der Waals surface area contributed by atoms with Crippen LogP contribution in [0.1, 0.15) is 39.3 Å². The highest BCUT2D eigenvalue weighted by Crippen LogP contribution is 2.39. The average molecular weight is 458 g/mol. The number of hydrogen-bond acceptors (Lipinski definition) is 4. The maximum atomic E-state index is 13.5. The molecule has 34 heavy (non-hydrogen) atoms. The predicted molar refractivity (Wildman–Crippen MR) is 125 cm³/mol. The number of rotatable bonds is 5. The number of amides is 1. The van der Waals surface area contributed by atoms with E-state index in [0.717, 1.165) is 36.4 Å². The van der Waals surface area contributed by atoms with Crippen LogP contribution >= 0.6 is 0 Å². The number of nitrogens with zero attached hydrogens (tertiary/aromatic N) is 1. The summed E-state index contributed by atoms with van der Waals surface area (Å²) >= 11 is 0. The van der Waals surface area contributed by atoms with Crippen LogP contribution in [0.4, 0.5) is 26.0 Å². The lowest BCUT2D eigenvalue weighted by Crippen LogP contribution is -2.13. The van der Waals surface area contributed by atoms with Crippen LogP contribution in [0.5, 0.6) is 0 Å². The van der Waals surface area contributed by atoms with E-state index in [1.165, 1.54) is 6.20 Å². The van der Waals surface area contributed by atoms with Crippen LogP contribution < -0.4 is 10.6 Å². The number of carbonyl (C=O) groups is 2. The number of aryl methyl sites for hydroxylation is 1. The van der Waals surface area contributed by atoms with E-state index in [0.29, 0.717) is 35.0 Å². The first-order chi connectivity index (χ1) is 16.5. The van der Waals surface area contributed by atoms with E-state index in [-0.39, 0.29) is 17.2 Å². The monoisotopic (exact) mass is 458 g/mol. The number of fused-ring (bicyclic) bond motifs is 1. The van der Waals surface area contributed by atoms with E-state index >= 15 is 0 Å². The molecule has 0 aliphatic heterocycles. The van der Waals surface area contributed by atoms with Gasteiger partial charge >= 0.3 is 0 Å². The van der Waals surface area contributed by atoms with Gasteiger partial charge in [0.25, 0.3) is 5.91 Å². The molecule has 170 valence electrons. The van der Waals surface area contributed by atoms with Gasteiger partial charge in [-0.3, -0.25) is 9.59 Å². The first-order valence-corrected chi connectivity index (χ1v) is 10.8. The smallest absolute Gasteiger partial charge is 0.257 e. The third-order valence-electron chi connectivity index (χ3n) is 5.65. The van der Waals surface area contributed by atoms with Crippen molar-refractivity contribution in [2.45, 2.75) is 19.3 Å². The lowest BCUT2D eigenvalue weighted by atomic mass is 9.95. The number of aromatic amines is 1. The largest absolute Gasteiger partial charge is 0.356 e. The summed E-state index contributed by atoms with van der Waals surface area (Å²) in [4.78, 5) is 32.8. The molecule has 0 atom stereocenters. The van der Waals surface area contributed by atoms with Crippen LogP contribution in [-0.4, -0.2) is 21.7 Å². The number of hydrogen-bond donors (Lipinski definition) is 3. The lowest BCUT2D eigenvalue weighted by Gasteiger charge is -2.14. The van der Waals surface area contributed by atoms with Gasteiger partial charge in [-0.05, 0) is 49.2 Å². The average Bonchev–Trinajstić information content (AvgIpc) is 3.19. The maximum Gasteiger partial charge on any atom is 0.257 e. The zero-order valence-corrected chi connectivity index (χ0v) is 18.0. The van der Waals surface area contributed by atoms with Gasteiger partial charge in [-0.15, -0.1) is 0 Å². The zero-order valence-electron chi connectivity index (χ0n) is 18.0. The Labute approximate surface area is 194 Å². The molecule has 0 unspecified atom stereocenters. The highest BCUT2D eigenvalue weighted by molar-refractivity contribution is 6.08. The lowest BCUT2D eigenvalue weighted by molar-refractivity contribution is 0.0972. The van der Waals surface area contributed by atoms with Crippen molar-refractivity contribution in [2.75, 3.05) is 10.6 Å². The van der Waals surface area contributed by atoms with Gasteiger partial charge in [-0.25, -0.2) is 13.8 Å². The molecule has 1 aliphatic rings. The van der Waals surface area contributed by atoms with Gasteiger partial charge in [-0.1, -0.05) is 18.2 Å². The number of H-pyrrole nitrogens is 1. The van der Waals surface area contributed by atoms with E-state index < -0.39 is 17.5 Å². The normalized spacial score (nSPS) is 12.8. The quantitative estimate of drug-likeness (QED) is 0.349. The van der Waals surface area contributed by atoms with E-state index in [4.69, 9.17) is 0 Å². The SMILES string of the molecule is O=C(Nc1cc(-c2[nH]c3c(c2Nc2ccccc2)C(=O)CCC3)ccn1)c1cc(F)cc(F)c1. The first kappa shape index (κ1) is 21.5. The van der Waals surface area contributed by atoms with Gasteiger partial charge in [0.2, 0.25) is 0 Å². The Morgan fingerprint density at radius 2 is 1.74 bits per heavy atom. The van der Waals surface area contributed by atoms with Gasteiger partial charge < -0.3 is 15.6 Å². The number of halogens is 2. The Balaban J connectivity index is 1.51. The van der Waals surface area contributed by atoms with Crippen molar-refractivity contribution in [3.63, 3.8) is 0 Å². The number of carbonyl (C=O) groups excluding carboxylic acids is 2. The summed E-state index contributed by atoms with van der Waals surface area (Å²) in [5, 5.41) is 5.94. The number of Topliss-reactive ketones (excluding diaryl/α,β-unsaturated/α-hetero) is 1. The van der Waals surface area contributed by atoms with Gasteiger partial charge in [0, 0.05) is 41.2 Å². The number of nitrogens with one attached hydrogen (secondary N) is 3. The van der Waals surface area contributed by atoms with Crippen LogP contribution in [0.2, 0.25) is 0 Å². The Hall–Kier alpha value is -4.33. The number of pyridine rings is 1. The standard InChI is InChI=1S/C26H20F2N4O2/c27-17-11-16(12-18(28)14-17)26(34)32-22-13-15(9-10-29-22)24-25(30-19-5-2-1-3-6-19)23-20(31-24)7-4-8-21(23)33/h1-3,5-6,9-14,30-31H,4,7-8H2,(H,29,32,34). The number of ketones is 1. The highest BCUT2D eigenvalue weighted by atomic mass is 19.1. The molecule has 5 rings (SSSR count). The van der Waals surface area contributed by atoms with Crippen molar-refractivity contribution in [1.29, 1.82) is 0 Å². The minimum atomic E-state index is -0.842. The second kappa shape index (κ2) is 8.90. The minimum absolute atomic E-state index is 0.0675. The van der Waals surface area contributed by atoms with Crippen LogP contribution in [0, 0.1) is 11.6 Å². The van der Waals surface area contributed by atoms with E-state index in [1.807, 2.05) is 30.3 Å². The second-order valence-electron chi connectivity index (χ2n) is 8.04. The molecule has 6 nitrogen and oxygen atoms in total. The van der Waals surface area contributed by atoms with Crippen molar-refractivity contribution in [2.24, 2.45) is 0 Å². The van der Waals surface area contributed by atoms with Crippen molar-refractivity contribution >= 4 is 28.9 Å². The zero-order chi connectivity index (χ0) is 23.7. The molecule has 2 heterocycles. The fourth-order valence-electron chi connectivity index (χ4n) is 4.13. The molecule has 2 aromatic heterocycles. The summed E-state index contributed by atoms with van der Waals surface area (Å²) in [5.74, 6) is -2.10. The van der Waals surface area contributed by atoms with Crippen LogP contribution in [-0.2, 0) is 6.42 Å². The molecule has 1 aliphatic carbocycles. The second-order valence-corrected chi connectivity index (χ2v) is 8.04. The molecule has 2 aromatic carbocycles. The maximum absolute atomic E-state index is 13.5. The molecule has 0 saturated heterocycles. The molecule has 4 aromatic rings. The van der Waals surface area contributed by atoms with Crippen LogP contribution in [0.25, 0.3) is 11.3 Å².